The molecule has 3 aromatic rings. The van der Waals surface area contributed by atoms with Crippen LogP contribution in [0.4, 0.5) is 10.7 Å². The second kappa shape index (κ2) is 8.81. The van der Waals surface area contributed by atoms with Gasteiger partial charge in [-0.2, -0.15) is 4.98 Å². The highest BCUT2D eigenvalue weighted by atomic mass is 16.4. The lowest BCUT2D eigenvalue weighted by Crippen LogP contribution is -2.37. The van der Waals surface area contributed by atoms with Gasteiger partial charge in [0.1, 0.15) is 0 Å². The summed E-state index contributed by atoms with van der Waals surface area (Å²) in [5.41, 5.74) is 3.77. The number of rotatable bonds is 7. The van der Waals surface area contributed by atoms with Gasteiger partial charge in [0.25, 0.3) is 5.95 Å². The Morgan fingerprint density at radius 1 is 1.20 bits per heavy atom. The zero-order valence-electron chi connectivity index (χ0n) is 17.5. The van der Waals surface area contributed by atoms with Gasteiger partial charge in [0, 0.05) is 31.2 Å². The SMILES string of the molecule is CCN(CC)C1CCN(Cc2ccc(-c3cccc4nc(NC(=O)O)nn34)cc2)C1. The van der Waals surface area contributed by atoms with Crippen molar-refractivity contribution in [1.82, 2.24) is 24.4 Å². The van der Waals surface area contributed by atoms with Crippen LogP contribution in [0.2, 0.25) is 0 Å². The highest BCUT2D eigenvalue weighted by Crippen LogP contribution is 2.23. The molecule has 1 aliphatic heterocycles. The van der Waals surface area contributed by atoms with E-state index in [0.717, 1.165) is 44.0 Å². The van der Waals surface area contributed by atoms with Crippen LogP contribution in [0.3, 0.4) is 0 Å². The summed E-state index contributed by atoms with van der Waals surface area (Å²) in [6.45, 7) is 9.92. The zero-order chi connectivity index (χ0) is 21.1. The third-order valence-corrected chi connectivity index (χ3v) is 5.81. The predicted octanol–water partition coefficient (Wildman–Crippen LogP) is 3.40. The highest BCUT2D eigenvalue weighted by Gasteiger charge is 2.25. The maximum absolute atomic E-state index is 10.9. The average molecular weight is 409 g/mol. The Morgan fingerprint density at radius 2 is 1.97 bits per heavy atom. The van der Waals surface area contributed by atoms with E-state index in [1.807, 2.05) is 12.1 Å². The maximum atomic E-state index is 10.9. The first-order valence-electron chi connectivity index (χ1n) is 10.5. The van der Waals surface area contributed by atoms with Gasteiger partial charge in [-0.15, -0.1) is 5.10 Å². The summed E-state index contributed by atoms with van der Waals surface area (Å²) in [6, 6.07) is 14.8. The molecule has 30 heavy (non-hydrogen) atoms. The van der Waals surface area contributed by atoms with Crippen LogP contribution in [0, 0.1) is 0 Å². The topological polar surface area (TPSA) is 86.0 Å². The number of nitrogens with one attached hydrogen (secondary N) is 1. The fourth-order valence-corrected chi connectivity index (χ4v) is 4.31. The quantitative estimate of drug-likeness (QED) is 0.623. The van der Waals surface area contributed by atoms with E-state index in [-0.39, 0.29) is 5.95 Å². The molecule has 0 spiro atoms. The van der Waals surface area contributed by atoms with Gasteiger partial charge in [-0.05, 0) is 37.2 Å². The molecule has 4 rings (SSSR count). The smallest absolute Gasteiger partial charge is 0.411 e. The van der Waals surface area contributed by atoms with Crippen molar-refractivity contribution in [3.63, 3.8) is 0 Å². The Morgan fingerprint density at radius 3 is 2.67 bits per heavy atom. The number of likely N-dealkylation sites (tertiary alicyclic amines) is 1. The minimum atomic E-state index is -1.18. The Kier molecular flexibility index (Phi) is 5.96. The maximum Gasteiger partial charge on any atom is 0.411 e. The molecule has 1 aliphatic rings. The molecule has 1 aromatic carbocycles. The monoisotopic (exact) mass is 408 g/mol. The molecule has 0 saturated carbocycles. The Hall–Kier alpha value is -2.97. The summed E-state index contributed by atoms with van der Waals surface area (Å²) >= 11 is 0. The van der Waals surface area contributed by atoms with Crippen LogP contribution < -0.4 is 5.32 Å². The largest absolute Gasteiger partial charge is 0.465 e. The van der Waals surface area contributed by atoms with Crippen molar-refractivity contribution in [2.45, 2.75) is 32.9 Å². The minimum Gasteiger partial charge on any atom is -0.465 e. The summed E-state index contributed by atoms with van der Waals surface area (Å²) in [6.07, 6.45) is 0.0581. The van der Waals surface area contributed by atoms with Gasteiger partial charge < -0.3 is 5.11 Å². The van der Waals surface area contributed by atoms with Crippen molar-refractivity contribution in [3.05, 3.63) is 48.0 Å². The van der Waals surface area contributed by atoms with Crippen molar-refractivity contribution < 1.29 is 9.90 Å². The van der Waals surface area contributed by atoms with Crippen LogP contribution >= 0.6 is 0 Å². The first-order chi connectivity index (χ1) is 14.6. The predicted molar refractivity (Wildman–Crippen MR) is 117 cm³/mol. The molecule has 1 amide bonds. The number of amides is 1. The molecule has 8 heteroatoms. The van der Waals surface area contributed by atoms with Crippen LogP contribution in [-0.2, 0) is 6.54 Å². The van der Waals surface area contributed by atoms with Gasteiger partial charge in [-0.1, -0.05) is 44.2 Å². The molecule has 2 N–H and O–H groups in total. The molecule has 1 atom stereocenters. The number of pyridine rings is 1. The number of benzene rings is 1. The number of hydrogen-bond donors (Lipinski definition) is 2. The van der Waals surface area contributed by atoms with Gasteiger partial charge in [-0.3, -0.25) is 15.1 Å². The van der Waals surface area contributed by atoms with Crippen molar-refractivity contribution in [1.29, 1.82) is 0 Å². The first kappa shape index (κ1) is 20.3. The molecule has 8 nitrogen and oxygen atoms in total. The van der Waals surface area contributed by atoms with Crippen LogP contribution in [0.25, 0.3) is 16.9 Å². The standard InChI is InChI=1S/C22H28N6O2/c1-3-27(4-2)18-12-13-26(15-18)14-16-8-10-17(11-9-16)19-6-5-7-20-23-21(24-22(29)30)25-28(19)20/h5-11,18H,3-4,12-15H2,1-2H3,(H,24,25)(H,29,30). The summed E-state index contributed by atoms with van der Waals surface area (Å²) in [5, 5.41) is 15.4. The molecule has 2 aromatic heterocycles. The second-order valence-corrected chi connectivity index (χ2v) is 7.64. The minimum absolute atomic E-state index is 0.0726. The van der Waals surface area contributed by atoms with Gasteiger partial charge >= 0.3 is 6.09 Å². The van der Waals surface area contributed by atoms with Gasteiger partial charge in [0.05, 0.1) is 5.69 Å². The molecule has 0 radical (unpaired) electrons. The van der Waals surface area contributed by atoms with Crippen LogP contribution in [0.1, 0.15) is 25.8 Å². The van der Waals surface area contributed by atoms with Crippen molar-refractivity contribution >= 4 is 17.7 Å². The molecular weight excluding hydrogens is 380 g/mol. The van der Waals surface area contributed by atoms with Crippen molar-refractivity contribution in [2.75, 3.05) is 31.5 Å². The molecular formula is C22H28N6O2. The van der Waals surface area contributed by atoms with E-state index in [9.17, 15) is 4.79 Å². The zero-order valence-corrected chi connectivity index (χ0v) is 17.5. The van der Waals surface area contributed by atoms with E-state index in [2.05, 4.69) is 63.3 Å². The summed E-state index contributed by atoms with van der Waals surface area (Å²) in [5.74, 6) is 0.0726. The van der Waals surface area contributed by atoms with E-state index in [4.69, 9.17) is 5.11 Å². The Labute approximate surface area is 176 Å². The van der Waals surface area contributed by atoms with Crippen LogP contribution in [0.5, 0.6) is 0 Å². The van der Waals surface area contributed by atoms with E-state index < -0.39 is 6.09 Å². The number of carbonyl (C=O) groups is 1. The Balaban J connectivity index is 1.48. The first-order valence-corrected chi connectivity index (χ1v) is 10.5. The lowest BCUT2D eigenvalue weighted by atomic mass is 10.1. The number of nitrogens with zero attached hydrogens (tertiary/aromatic N) is 5. The van der Waals surface area contributed by atoms with Crippen molar-refractivity contribution in [3.8, 4) is 11.3 Å². The molecule has 3 heterocycles. The summed E-state index contributed by atoms with van der Waals surface area (Å²) < 4.78 is 1.66. The Bertz CT molecular complexity index is 1010. The normalized spacial score (nSPS) is 17.1. The number of carboxylic acid groups (broad SMARTS) is 1. The molecule has 1 unspecified atom stereocenters. The second-order valence-electron chi connectivity index (χ2n) is 7.64. The number of aromatic nitrogens is 3. The number of anilines is 1. The average Bonchev–Trinajstić information content (AvgIpc) is 3.35. The van der Waals surface area contributed by atoms with E-state index >= 15 is 0 Å². The third-order valence-electron chi connectivity index (χ3n) is 5.81. The number of hydrogen-bond acceptors (Lipinski definition) is 5. The summed E-state index contributed by atoms with van der Waals surface area (Å²) in [7, 11) is 0. The van der Waals surface area contributed by atoms with E-state index in [0.29, 0.717) is 11.7 Å². The molecule has 1 saturated heterocycles. The fourth-order valence-electron chi connectivity index (χ4n) is 4.31. The van der Waals surface area contributed by atoms with E-state index in [1.54, 1.807) is 10.6 Å². The lowest BCUT2D eigenvalue weighted by Gasteiger charge is -2.26. The molecule has 158 valence electrons. The van der Waals surface area contributed by atoms with Gasteiger partial charge in [0.2, 0.25) is 0 Å². The van der Waals surface area contributed by atoms with Gasteiger partial charge in [-0.25, -0.2) is 9.31 Å². The molecule has 0 aliphatic carbocycles. The van der Waals surface area contributed by atoms with E-state index in [1.165, 1.54) is 12.0 Å². The van der Waals surface area contributed by atoms with Crippen molar-refractivity contribution in [2.24, 2.45) is 0 Å². The fraction of sp³-hybridized carbons (Fsp3) is 0.409. The van der Waals surface area contributed by atoms with Gasteiger partial charge in [0.15, 0.2) is 5.65 Å². The van der Waals surface area contributed by atoms with Crippen LogP contribution in [-0.4, -0.2) is 67.8 Å². The number of likely N-dealkylation sites (N-methyl/N-ethyl adjacent to an activating group) is 1. The highest BCUT2D eigenvalue weighted by molar-refractivity contribution is 5.80. The molecule has 0 bridgehead atoms. The number of fused-ring (bicyclic) bond motifs is 1. The van der Waals surface area contributed by atoms with Crippen LogP contribution in [0.15, 0.2) is 42.5 Å². The lowest BCUT2D eigenvalue weighted by molar-refractivity contribution is 0.209. The third kappa shape index (κ3) is 4.29. The molecule has 1 fully saturated rings. The summed E-state index contributed by atoms with van der Waals surface area (Å²) in [4.78, 5) is 20.2.